The number of amides is 1. The van der Waals surface area contributed by atoms with Crippen LogP contribution in [0.5, 0.6) is 5.75 Å². The van der Waals surface area contributed by atoms with Crippen LogP contribution in [0.1, 0.15) is 48.2 Å². The first-order chi connectivity index (χ1) is 14.3. The Balaban J connectivity index is 1.37. The molecule has 0 saturated carbocycles. The lowest BCUT2D eigenvalue weighted by atomic mass is 9.87. The normalized spacial score (nSPS) is 11.6. The first kappa shape index (κ1) is 20.2. The van der Waals surface area contributed by atoms with Gasteiger partial charge in [-0.2, -0.15) is 0 Å². The van der Waals surface area contributed by atoms with Crippen LogP contribution in [0.3, 0.4) is 0 Å². The molecule has 154 valence electrons. The predicted molar refractivity (Wildman–Crippen MR) is 120 cm³/mol. The van der Waals surface area contributed by atoms with Crippen LogP contribution in [0.25, 0.3) is 10.2 Å². The highest BCUT2D eigenvalue weighted by Gasteiger charge is 2.15. The number of ether oxygens (including phenoxy) is 1. The number of nitrogens with zero attached hydrogens (tertiary/aromatic N) is 1. The summed E-state index contributed by atoms with van der Waals surface area (Å²) in [4.78, 5) is 16.9. The van der Waals surface area contributed by atoms with E-state index in [9.17, 15) is 4.79 Å². The van der Waals surface area contributed by atoms with Crippen LogP contribution in [0, 0.1) is 6.92 Å². The van der Waals surface area contributed by atoms with Gasteiger partial charge in [0.15, 0.2) is 10.9 Å². The molecule has 1 amide bonds. The number of aryl methyl sites for hydroxylation is 1. The average Bonchev–Trinajstić information content (AvgIpc) is 3.32. The molecule has 6 heteroatoms. The van der Waals surface area contributed by atoms with Crippen molar-refractivity contribution in [3.8, 4) is 5.75 Å². The average molecular weight is 421 g/mol. The first-order valence-electron chi connectivity index (χ1n) is 9.78. The Hall–Kier alpha value is -3.12. The summed E-state index contributed by atoms with van der Waals surface area (Å²) in [7, 11) is 0. The Kier molecular flexibility index (Phi) is 5.35. The van der Waals surface area contributed by atoms with Crippen molar-refractivity contribution in [3.63, 3.8) is 0 Å². The zero-order chi connectivity index (χ0) is 21.3. The molecule has 0 fully saturated rings. The molecule has 0 unspecified atom stereocenters. The summed E-state index contributed by atoms with van der Waals surface area (Å²) in [5, 5.41) is 3.36. The van der Waals surface area contributed by atoms with E-state index in [2.05, 4.69) is 49.3 Å². The smallest absolute Gasteiger partial charge is 0.293 e. The summed E-state index contributed by atoms with van der Waals surface area (Å²) in [5.74, 6) is 1.24. The van der Waals surface area contributed by atoms with Crippen molar-refractivity contribution in [2.75, 3.05) is 5.32 Å². The lowest BCUT2D eigenvalue weighted by Crippen LogP contribution is -2.10. The fourth-order valence-corrected chi connectivity index (χ4v) is 3.99. The van der Waals surface area contributed by atoms with E-state index in [4.69, 9.17) is 9.15 Å². The molecule has 4 aromatic rings. The van der Waals surface area contributed by atoms with E-state index < -0.39 is 0 Å². The molecule has 1 N–H and O–H groups in total. The van der Waals surface area contributed by atoms with Crippen molar-refractivity contribution in [3.05, 3.63) is 77.2 Å². The third-order valence-electron chi connectivity index (χ3n) is 4.75. The Labute approximate surface area is 179 Å². The molecular formula is C24H24N2O3S. The summed E-state index contributed by atoms with van der Waals surface area (Å²) in [5.41, 5.74) is 3.38. The van der Waals surface area contributed by atoms with Crippen LogP contribution in [-0.2, 0) is 12.0 Å². The molecule has 0 aliphatic carbocycles. The predicted octanol–water partition coefficient (Wildman–Crippen LogP) is 6.33. The number of anilines is 1. The Morgan fingerprint density at radius 3 is 2.60 bits per heavy atom. The molecule has 0 aliphatic heterocycles. The second-order valence-corrected chi connectivity index (χ2v) is 9.30. The van der Waals surface area contributed by atoms with Gasteiger partial charge in [0.2, 0.25) is 0 Å². The molecule has 30 heavy (non-hydrogen) atoms. The van der Waals surface area contributed by atoms with Gasteiger partial charge in [-0.25, -0.2) is 4.98 Å². The van der Waals surface area contributed by atoms with Crippen LogP contribution in [-0.4, -0.2) is 10.9 Å². The summed E-state index contributed by atoms with van der Waals surface area (Å²) in [6, 6.07) is 17.4. The van der Waals surface area contributed by atoms with Gasteiger partial charge in [0.1, 0.15) is 18.1 Å². The number of benzene rings is 2. The van der Waals surface area contributed by atoms with Gasteiger partial charge >= 0.3 is 0 Å². The molecule has 0 radical (unpaired) electrons. The minimum Gasteiger partial charge on any atom is -0.486 e. The zero-order valence-electron chi connectivity index (χ0n) is 17.5. The molecule has 0 aliphatic rings. The lowest BCUT2D eigenvalue weighted by Gasteiger charge is -2.19. The van der Waals surface area contributed by atoms with Crippen molar-refractivity contribution < 1.29 is 13.9 Å². The van der Waals surface area contributed by atoms with Gasteiger partial charge in [0, 0.05) is 0 Å². The van der Waals surface area contributed by atoms with E-state index in [-0.39, 0.29) is 23.7 Å². The zero-order valence-corrected chi connectivity index (χ0v) is 18.3. The van der Waals surface area contributed by atoms with E-state index >= 15 is 0 Å². The fourth-order valence-electron chi connectivity index (χ4n) is 3.03. The summed E-state index contributed by atoms with van der Waals surface area (Å²) in [6.45, 7) is 8.81. The second-order valence-electron chi connectivity index (χ2n) is 8.27. The number of carbonyl (C=O) groups is 1. The highest BCUT2D eigenvalue weighted by atomic mass is 32.1. The third-order valence-corrected chi connectivity index (χ3v) is 5.68. The second kappa shape index (κ2) is 7.95. The van der Waals surface area contributed by atoms with Crippen LogP contribution in [0.4, 0.5) is 5.13 Å². The summed E-state index contributed by atoms with van der Waals surface area (Å²) < 4.78 is 12.5. The maximum absolute atomic E-state index is 12.5. The number of nitrogens with one attached hydrogen (secondary N) is 1. The fraction of sp³-hybridized carbons (Fsp3) is 0.250. The third kappa shape index (κ3) is 4.54. The van der Waals surface area contributed by atoms with Crippen molar-refractivity contribution in [2.24, 2.45) is 0 Å². The minimum atomic E-state index is -0.327. The highest BCUT2D eigenvalue weighted by molar-refractivity contribution is 7.22. The monoisotopic (exact) mass is 420 g/mol. The van der Waals surface area contributed by atoms with Gasteiger partial charge in [-0.15, -0.1) is 0 Å². The number of hydrogen-bond donors (Lipinski definition) is 1. The van der Waals surface area contributed by atoms with Gasteiger partial charge in [0.25, 0.3) is 5.91 Å². The topological polar surface area (TPSA) is 64.4 Å². The van der Waals surface area contributed by atoms with Crippen LogP contribution in [0.2, 0.25) is 0 Å². The first-order valence-corrected chi connectivity index (χ1v) is 10.6. The van der Waals surface area contributed by atoms with E-state index in [0.717, 1.165) is 21.5 Å². The van der Waals surface area contributed by atoms with Gasteiger partial charge in [0.05, 0.1) is 10.2 Å². The Bertz CT molecular complexity index is 1180. The summed E-state index contributed by atoms with van der Waals surface area (Å²) >= 11 is 1.44. The van der Waals surface area contributed by atoms with E-state index in [0.29, 0.717) is 10.9 Å². The maximum atomic E-state index is 12.5. The molecule has 0 spiro atoms. The van der Waals surface area contributed by atoms with E-state index in [1.165, 1.54) is 16.9 Å². The Morgan fingerprint density at radius 2 is 1.87 bits per heavy atom. The van der Waals surface area contributed by atoms with Gasteiger partial charge in [-0.05, 0) is 59.9 Å². The molecule has 2 aromatic carbocycles. The highest BCUT2D eigenvalue weighted by Crippen LogP contribution is 2.27. The molecular weight excluding hydrogens is 396 g/mol. The van der Waals surface area contributed by atoms with Crippen LogP contribution in [0.15, 0.2) is 59.0 Å². The number of carbonyl (C=O) groups excluding carboxylic acids is 1. The molecule has 5 nitrogen and oxygen atoms in total. The van der Waals surface area contributed by atoms with E-state index in [1.807, 2.05) is 31.2 Å². The molecule has 0 bridgehead atoms. The SMILES string of the molecule is Cc1ccc2nc(NC(=O)c3ccc(COc4ccc(C(C)(C)C)cc4)o3)sc2c1. The van der Waals surface area contributed by atoms with Gasteiger partial charge < -0.3 is 9.15 Å². The standard InChI is InChI=1S/C24H24N2O3S/c1-15-5-11-19-21(13-15)30-23(25-19)26-22(27)20-12-10-18(29-20)14-28-17-8-6-16(7-9-17)24(2,3)4/h5-13H,14H2,1-4H3,(H,25,26,27). The minimum absolute atomic E-state index is 0.101. The van der Waals surface area contributed by atoms with Crippen molar-refractivity contribution in [2.45, 2.75) is 39.7 Å². The van der Waals surface area contributed by atoms with Crippen LogP contribution >= 0.6 is 11.3 Å². The van der Waals surface area contributed by atoms with Crippen molar-refractivity contribution >= 4 is 32.6 Å². The number of aromatic nitrogens is 1. The number of furan rings is 1. The molecule has 2 aromatic heterocycles. The van der Waals surface area contributed by atoms with Crippen molar-refractivity contribution in [1.29, 1.82) is 0 Å². The number of rotatable bonds is 5. The van der Waals surface area contributed by atoms with Gasteiger partial charge in [-0.3, -0.25) is 10.1 Å². The Morgan fingerprint density at radius 1 is 1.10 bits per heavy atom. The maximum Gasteiger partial charge on any atom is 0.293 e. The number of fused-ring (bicyclic) bond motifs is 1. The van der Waals surface area contributed by atoms with Crippen molar-refractivity contribution in [1.82, 2.24) is 4.98 Å². The van der Waals surface area contributed by atoms with E-state index in [1.54, 1.807) is 12.1 Å². The quantitative estimate of drug-likeness (QED) is 0.410. The summed E-state index contributed by atoms with van der Waals surface area (Å²) in [6.07, 6.45) is 0. The molecule has 0 saturated heterocycles. The van der Waals surface area contributed by atoms with Gasteiger partial charge in [-0.1, -0.05) is 50.3 Å². The molecule has 4 rings (SSSR count). The number of hydrogen-bond acceptors (Lipinski definition) is 5. The lowest BCUT2D eigenvalue weighted by molar-refractivity contribution is 0.0992. The number of thiazole rings is 1. The molecule has 0 atom stereocenters. The largest absolute Gasteiger partial charge is 0.486 e. The molecule has 2 heterocycles. The van der Waals surface area contributed by atoms with Crippen LogP contribution < -0.4 is 10.1 Å².